The van der Waals surface area contributed by atoms with Crippen LogP contribution in [0.15, 0.2) is 60.8 Å². The van der Waals surface area contributed by atoms with Crippen LogP contribution in [0.2, 0.25) is 0 Å². The van der Waals surface area contributed by atoms with Crippen LogP contribution in [0.3, 0.4) is 0 Å². The molecule has 2 aromatic heterocycles. The summed E-state index contributed by atoms with van der Waals surface area (Å²) in [6.45, 7) is 15.1. The number of para-hydroxylation sites is 1. The van der Waals surface area contributed by atoms with Crippen molar-refractivity contribution in [3.05, 3.63) is 83.2 Å². The summed E-state index contributed by atoms with van der Waals surface area (Å²) in [6, 6.07) is 17.6. The molecule has 0 unspecified atom stereocenters. The lowest BCUT2D eigenvalue weighted by Crippen LogP contribution is -2.31. The number of hydrogen-bond acceptors (Lipinski definition) is 5. The quantitative estimate of drug-likeness (QED) is 0.268. The molecule has 0 spiro atoms. The second-order valence-corrected chi connectivity index (χ2v) is 12.2. The van der Waals surface area contributed by atoms with E-state index in [1.54, 1.807) is 0 Å². The van der Waals surface area contributed by atoms with Gasteiger partial charge in [-0.25, -0.2) is 14.5 Å². The van der Waals surface area contributed by atoms with E-state index in [0.29, 0.717) is 24.8 Å². The van der Waals surface area contributed by atoms with E-state index in [0.717, 1.165) is 58.3 Å². The van der Waals surface area contributed by atoms with Gasteiger partial charge in [0.2, 0.25) is 0 Å². The number of ether oxygens (including phenoxy) is 1. The molecule has 8 nitrogen and oxygen atoms in total. The van der Waals surface area contributed by atoms with Crippen LogP contribution in [-0.4, -0.2) is 33.9 Å². The Labute approximate surface area is 242 Å². The first-order valence-corrected chi connectivity index (χ1v) is 14.2. The Bertz CT molecular complexity index is 1530. The van der Waals surface area contributed by atoms with Crippen molar-refractivity contribution in [2.45, 2.75) is 59.9 Å². The molecule has 0 fully saturated rings. The third kappa shape index (κ3) is 6.06. The molecule has 0 bridgehead atoms. The number of urea groups is 1. The first-order chi connectivity index (χ1) is 19.5. The first-order valence-electron chi connectivity index (χ1n) is 14.2. The molecule has 1 aliphatic rings. The molecule has 8 heteroatoms. The van der Waals surface area contributed by atoms with Crippen molar-refractivity contribution in [3.8, 4) is 22.7 Å². The third-order valence-corrected chi connectivity index (χ3v) is 7.38. The average molecular weight is 553 g/mol. The zero-order valence-electron chi connectivity index (χ0n) is 24.9. The minimum absolute atomic E-state index is 0.0489. The zero-order valence-corrected chi connectivity index (χ0v) is 24.9. The van der Waals surface area contributed by atoms with E-state index >= 15 is 0 Å². The number of fused-ring (bicyclic) bond motifs is 1. The third-order valence-electron chi connectivity index (χ3n) is 7.38. The van der Waals surface area contributed by atoms with Gasteiger partial charge in [-0.3, -0.25) is 0 Å². The van der Waals surface area contributed by atoms with Crippen LogP contribution in [0.5, 0.6) is 5.75 Å². The van der Waals surface area contributed by atoms with Gasteiger partial charge in [-0.2, -0.15) is 5.10 Å². The minimum atomic E-state index is -0.590. The Morgan fingerprint density at radius 1 is 1.10 bits per heavy atom. The second kappa shape index (κ2) is 11.3. The number of hydrogen-bond donors (Lipinski definition) is 2. The number of carbonyl (C=O) groups is 1. The summed E-state index contributed by atoms with van der Waals surface area (Å²) in [5.41, 5.74) is 13.5. The monoisotopic (exact) mass is 552 g/mol. The SMILES string of the molecule is Cc1cccc(OCC(C)C)c1-n1nc2c(c1-c1ccc(NC(N)=O)cc1)CN(c1ccc(C(C)(C)C)cn1)CC2. The van der Waals surface area contributed by atoms with Gasteiger partial charge < -0.3 is 20.7 Å². The number of carbonyl (C=O) groups excluding carboxylic acids is 1. The molecule has 3 N–H and O–H groups in total. The molecule has 0 saturated heterocycles. The Hall–Kier alpha value is -4.33. The van der Waals surface area contributed by atoms with Crippen molar-refractivity contribution in [2.24, 2.45) is 11.7 Å². The number of amides is 2. The summed E-state index contributed by atoms with van der Waals surface area (Å²) < 4.78 is 8.35. The van der Waals surface area contributed by atoms with Crippen molar-refractivity contribution in [3.63, 3.8) is 0 Å². The number of nitrogens with zero attached hydrogens (tertiary/aromatic N) is 4. The van der Waals surface area contributed by atoms with E-state index in [4.69, 9.17) is 20.6 Å². The second-order valence-electron chi connectivity index (χ2n) is 12.2. The van der Waals surface area contributed by atoms with E-state index < -0.39 is 6.03 Å². The maximum absolute atomic E-state index is 11.4. The predicted molar refractivity (Wildman–Crippen MR) is 165 cm³/mol. The highest BCUT2D eigenvalue weighted by molar-refractivity contribution is 5.88. The number of rotatable bonds is 7. The standard InChI is InChI=1S/C33H40N6O2/c1-21(2)20-41-28-9-7-8-22(3)30(28)39-31(23-10-13-25(14-11-23)36-32(34)40)26-19-38(17-16-27(26)37-39)29-15-12-24(18-35-29)33(4,5)6/h7-15,18,21H,16-17,19-20H2,1-6H3,(H3,34,36,40). The van der Waals surface area contributed by atoms with Crippen molar-refractivity contribution < 1.29 is 9.53 Å². The molecular weight excluding hydrogens is 512 g/mol. The fraction of sp³-hybridized carbons (Fsp3) is 0.364. The summed E-state index contributed by atoms with van der Waals surface area (Å²) in [5, 5.41) is 7.85. The Morgan fingerprint density at radius 3 is 2.49 bits per heavy atom. The topological polar surface area (TPSA) is 98.3 Å². The normalized spacial score (nSPS) is 13.3. The van der Waals surface area contributed by atoms with Crippen LogP contribution in [0.1, 0.15) is 57.0 Å². The van der Waals surface area contributed by atoms with Gasteiger partial charge in [0.1, 0.15) is 17.3 Å². The van der Waals surface area contributed by atoms with Crippen LogP contribution in [0.4, 0.5) is 16.3 Å². The van der Waals surface area contributed by atoms with E-state index in [2.05, 4.69) is 70.0 Å². The molecule has 1 aliphatic heterocycles. The molecule has 2 amide bonds. The highest BCUT2D eigenvalue weighted by Crippen LogP contribution is 2.38. The molecule has 0 atom stereocenters. The molecular formula is C33H40N6O2. The number of nitrogens with two attached hydrogens (primary N) is 1. The lowest BCUT2D eigenvalue weighted by Gasteiger charge is -2.29. The van der Waals surface area contributed by atoms with E-state index in [9.17, 15) is 4.79 Å². The lowest BCUT2D eigenvalue weighted by molar-refractivity contribution is 0.259. The van der Waals surface area contributed by atoms with Crippen LogP contribution < -0.4 is 20.7 Å². The van der Waals surface area contributed by atoms with Gasteiger partial charge in [0.25, 0.3) is 0 Å². The molecule has 4 aromatic rings. The number of anilines is 2. The fourth-order valence-corrected chi connectivity index (χ4v) is 5.17. The Kier molecular flexibility index (Phi) is 7.76. The van der Waals surface area contributed by atoms with Crippen molar-refractivity contribution >= 4 is 17.5 Å². The largest absolute Gasteiger partial charge is 0.491 e. The molecule has 41 heavy (non-hydrogen) atoms. The Morgan fingerprint density at radius 2 is 1.85 bits per heavy atom. The highest BCUT2D eigenvalue weighted by Gasteiger charge is 2.29. The Balaban J connectivity index is 1.61. The van der Waals surface area contributed by atoms with Crippen molar-refractivity contribution in [2.75, 3.05) is 23.4 Å². The molecule has 0 radical (unpaired) electrons. The van der Waals surface area contributed by atoms with Gasteiger partial charge in [0.15, 0.2) is 0 Å². The van der Waals surface area contributed by atoms with Gasteiger partial charge in [-0.1, -0.05) is 65.0 Å². The number of benzene rings is 2. The lowest BCUT2D eigenvalue weighted by atomic mass is 9.88. The number of primary amides is 1. The molecule has 0 aliphatic carbocycles. The molecule has 0 saturated carbocycles. The summed E-state index contributed by atoms with van der Waals surface area (Å²) >= 11 is 0. The first kappa shape index (κ1) is 28.2. The summed E-state index contributed by atoms with van der Waals surface area (Å²) in [7, 11) is 0. The van der Waals surface area contributed by atoms with Gasteiger partial charge in [0.05, 0.1) is 18.0 Å². The summed E-state index contributed by atoms with van der Waals surface area (Å²) in [6.07, 6.45) is 2.79. The average Bonchev–Trinajstić information content (AvgIpc) is 3.29. The van der Waals surface area contributed by atoms with Crippen LogP contribution >= 0.6 is 0 Å². The molecule has 214 valence electrons. The van der Waals surface area contributed by atoms with Crippen LogP contribution in [0, 0.1) is 12.8 Å². The van der Waals surface area contributed by atoms with Crippen molar-refractivity contribution in [1.82, 2.24) is 14.8 Å². The number of aryl methyl sites for hydroxylation is 1. The van der Waals surface area contributed by atoms with E-state index in [1.165, 1.54) is 5.56 Å². The maximum atomic E-state index is 11.4. The fourth-order valence-electron chi connectivity index (χ4n) is 5.17. The highest BCUT2D eigenvalue weighted by atomic mass is 16.5. The molecule has 5 rings (SSSR count). The number of nitrogens with one attached hydrogen (secondary N) is 1. The van der Waals surface area contributed by atoms with Crippen LogP contribution in [0.25, 0.3) is 16.9 Å². The maximum Gasteiger partial charge on any atom is 0.316 e. The molecule has 2 aromatic carbocycles. The van der Waals surface area contributed by atoms with Crippen LogP contribution in [-0.2, 0) is 18.4 Å². The van der Waals surface area contributed by atoms with Gasteiger partial charge >= 0.3 is 6.03 Å². The van der Waals surface area contributed by atoms with E-state index in [-0.39, 0.29) is 5.41 Å². The van der Waals surface area contributed by atoms with Gasteiger partial charge in [-0.15, -0.1) is 0 Å². The minimum Gasteiger partial charge on any atom is -0.491 e. The predicted octanol–water partition coefficient (Wildman–Crippen LogP) is 6.63. The number of pyridine rings is 1. The summed E-state index contributed by atoms with van der Waals surface area (Å²) in [5.74, 6) is 2.16. The van der Waals surface area contributed by atoms with E-state index in [1.807, 2.05) is 47.3 Å². The van der Waals surface area contributed by atoms with Gasteiger partial charge in [-0.05, 0) is 53.6 Å². The van der Waals surface area contributed by atoms with Gasteiger partial charge in [0, 0.05) is 42.5 Å². The zero-order chi connectivity index (χ0) is 29.3. The summed E-state index contributed by atoms with van der Waals surface area (Å²) in [4.78, 5) is 18.6. The smallest absolute Gasteiger partial charge is 0.316 e. The van der Waals surface area contributed by atoms with Crippen molar-refractivity contribution in [1.29, 1.82) is 0 Å². The number of aromatic nitrogens is 3. The molecule has 3 heterocycles.